The Balaban J connectivity index is 2.57. The highest BCUT2D eigenvalue weighted by Crippen LogP contribution is 2.20. The smallest absolute Gasteiger partial charge is 0.412 e. The Hall–Kier alpha value is -1.66. The third-order valence-corrected chi connectivity index (χ3v) is 1.73. The second kappa shape index (κ2) is 5.15. The summed E-state index contributed by atoms with van der Waals surface area (Å²) in [6.45, 7) is -0.0592. The summed E-state index contributed by atoms with van der Waals surface area (Å²) in [7, 11) is 0. The Kier molecular flexibility index (Phi) is 3.84. The van der Waals surface area contributed by atoms with Gasteiger partial charge in [-0.15, -0.1) is 6.42 Å². The Morgan fingerprint density at radius 2 is 2.29 bits per heavy atom. The first-order chi connectivity index (χ1) is 6.74. The summed E-state index contributed by atoms with van der Waals surface area (Å²) in [5.41, 5.74) is 0.496. The minimum atomic E-state index is -0.615. The molecule has 0 radical (unpaired) electrons. The first-order valence-electron chi connectivity index (χ1n) is 3.86. The molecule has 0 aliphatic carbocycles. The summed E-state index contributed by atoms with van der Waals surface area (Å²) in [6.07, 6.45) is 4.30. The summed E-state index contributed by atoms with van der Waals surface area (Å²) < 4.78 is 4.61. The van der Waals surface area contributed by atoms with E-state index in [1.165, 1.54) is 0 Å². The van der Waals surface area contributed by atoms with E-state index in [0.717, 1.165) is 0 Å². The van der Waals surface area contributed by atoms with Crippen molar-refractivity contribution in [3.63, 3.8) is 0 Å². The molecule has 3 nitrogen and oxygen atoms in total. The molecule has 0 aliphatic rings. The van der Waals surface area contributed by atoms with Gasteiger partial charge in [0, 0.05) is 0 Å². The van der Waals surface area contributed by atoms with E-state index in [9.17, 15) is 4.79 Å². The van der Waals surface area contributed by atoms with Crippen LogP contribution in [0.4, 0.5) is 10.5 Å². The van der Waals surface area contributed by atoms with Crippen molar-refractivity contribution < 1.29 is 9.53 Å². The Labute approximate surface area is 87.0 Å². The van der Waals surface area contributed by atoms with Crippen LogP contribution in [0.25, 0.3) is 0 Å². The van der Waals surface area contributed by atoms with Crippen molar-refractivity contribution in [1.29, 1.82) is 0 Å². The molecule has 0 saturated carbocycles. The average molecular weight is 210 g/mol. The second-order valence-electron chi connectivity index (χ2n) is 2.39. The van der Waals surface area contributed by atoms with Crippen molar-refractivity contribution in [2.45, 2.75) is 0 Å². The lowest BCUT2D eigenvalue weighted by atomic mass is 10.3. The first kappa shape index (κ1) is 10.4. The van der Waals surface area contributed by atoms with Gasteiger partial charge in [0.15, 0.2) is 6.61 Å². The van der Waals surface area contributed by atoms with Crippen LogP contribution < -0.4 is 5.32 Å². The monoisotopic (exact) mass is 209 g/mol. The zero-order chi connectivity index (χ0) is 10.4. The van der Waals surface area contributed by atoms with Crippen molar-refractivity contribution in [2.24, 2.45) is 0 Å². The van der Waals surface area contributed by atoms with Gasteiger partial charge in [0.25, 0.3) is 0 Å². The summed E-state index contributed by atoms with van der Waals surface area (Å²) in [5.74, 6) is 2.18. The van der Waals surface area contributed by atoms with E-state index < -0.39 is 6.09 Å². The molecule has 0 spiro atoms. The third-order valence-electron chi connectivity index (χ3n) is 1.40. The lowest BCUT2D eigenvalue weighted by Crippen LogP contribution is -2.13. The van der Waals surface area contributed by atoms with E-state index in [4.69, 9.17) is 18.0 Å². The predicted octanol–water partition coefficient (Wildman–Crippen LogP) is 2.52. The summed E-state index contributed by atoms with van der Waals surface area (Å²) in [6, 6.07) is 6.85. The predicted molar refractivity (Wildman–Crippen MR) is 55.3 cm³/mol. The number of nitrogens with one attached hydrogen (secondary N) is 1. The number of amides is 1. The molecule has 1 rings (SSSR count). The fraction of sp³-hybridized carbons (Fsp3) is 0.100. The van der Waals surface area contributed by atoms with Gasteiger partial charge in [0.1, 0.15) is 0 Å². The molecule has 1 N–H and O–H groups in total. The van der Waals surface area contributed by atoms with Crippen molar-refractivity contribution in [2.75, 3.05) is 11.9 Å². The van der Waals surface area contributed by atoms with Gasteiger partial charge in [-0.2, -0.15) is 0 Å². The van der Waals surface area contributed by atoms with Gasteiger partial charge in [-0.25, -0.2) is 4.79 Å². The van der Waals surface area contributed by atoms with E-state index in [-0.39, 0.29) is 6.61 Å². The molecule has 0 aromatic heterocycles. The van der Waals surface area contributed by atoms with Crippen molar-refractivity contribution >= 4 is 23.4 Å². The van der Waals surface area contributed by atoms with Crippen LogP contribution in [0.3, 0.4) is 0 Å². The molecule has 1 amide bonds. The zero-order valence-electron chi connectivity index (χ0n) is 7.29. The number of hydrogen-bond donors (Lipinski definition) is 1. The van der Waals surface area contributed by atoms with E-state index in [0.29, 0.717) is 10.7 Å². The Bertz CT molecular complexity index is 371. The standard InChI is InChI=1S/C10H8ClNO2/c1-2-7-14-10(13)12-9-6-4-3-5-8(9)11/h1,3-6H,7H2,(H,12,13). The van der Waals surface area contributed by atoms with Crippen molar-refractivity contribution in [3.8, 4) is 12.3 Å². The van der Waals surface area contributed by atoms with Crippen LogP contribution in [0.5, 0.6) is 0 Å². The molecule has 14 heavy (non-hydrogen) atoms. The minimum Gasteiger partial charge on any atom is -0.436 e. The van der Waals surface area contributed by atoms with E-state index in [1.807, 2.05) is 0 Å². The summed E-state index contributed by atoms with van der Waals surface area (Å²) in [4.78, 5) is 11.0. The number of para-hydroxylation sites is 1. The number of carbonyl (C=O) groups is 1. The molecule has 0 bridgehead atoms. The maximum atomic E-state index is 11.0. The van der Waals surface area contributed by atoms with Crippen LogP contribution in [0.1, 0.15) is 0 Å². The van der Waals surface area contributed by atoms with Crippen LogP contribution in [0.2, 0.25) is 5.02 Å². The maximum absolute atomic E-state index is 11.0. The molecule has 0 atom stereocenters. The number of ether oxygens (including phenoxy) is 1. The first-order valence-corrected chi connectivity index (χ1v) is 4.23. The van der Waals surface area contributed by atoms with Gasteiger partial charge in [-0.1, -0.05) is 29.7 Å². The van der Waals surface area contributed by atoms with Crippen LogP contribution in [0.15, 0.2) is 24.3 Å². The molecule has 1 aromatic carbocycles. The molecule has 0 aliphatic heterocycles. The molecule has 4 heteroatoms. The molecule has 0 fully saturated rings. The van der Waals surface area contributed by atoms with Crippen LogP contribution >= 0.6 is 11.6 Å². The van der Waals surface area contributed by atoms with Crippen LogP contribution in [0, 0.1) is 12.3 Å². The second-order valence-corrected chi connectivity index (χ2v) is 2.79. The highest BCUT2D eigenvalue weighted by atomic mass is 35.5. The van der Waals surface area contributed by atoms with Gasteiger partial charge < -0.3 is 4.74 Å². The number of halogens is 1. The lowest BCUT2D eigenvalue weighted by Gasteiger charge is -2.05. The summed E-state index contributed by atoms with van der Waals surface area (Å²) in [5, 5.41) is 2.91. The van der Waals surface area contributed by atoms with Crippen molar-refractivity contribution in [1.82, 2.24) is 0 Å². The average Bonchev–Trinajstić information content (AvgIpc) is 2.18. The highest BCUT2D eigenvalue weighted by Gasteiger charge is 2.04. The van der Waals surface area contributed by atoms with Crippen LogP contribution in [-0.2, 0) is 4.74 Å². The number of benzene rings is 1. The lowest BCUT2D eigenvalue weighted by molar-refractivity contribution is 0.176. The van der Waals surface area contributed by atoms with E-state index in [2.05, 4.69) is 16.0 Å². The Morgan fingerprint density at radius 3 is 2.93 bits per heavy atom. The fourth-order valence-corrected chi connectivity index (χ4v) is 0.999. The zero-order valence-corrected chi connectivity index (χ0v) is 8.04. The van der Waals surface area contributed by atoms with E-state index in [1.54, 1.807) is 24.3 Å². The molecule has 0 heterocycles. The van der Waals surface area contributed by atoms with Gasteiger partial charge in [0.05, 0.1) is 10.7 Å². The number of anilines is 1. The van der Waals surface area contributed by atoms with E-state index >= 15 is 0 Å². The molecule has 1 aromatic rings. The quantitative estimate of drug-likeness (QED) is 0.761. The third kappa shape index (κ3) is 3.00. The fourth-order valence-electron chi connectivity index (χ4n) is 0.816. The maximum Gasteiger partial charge on any atom is 0.412 e. The number of carbonyl (C=O) groups excluding carboxylic acids is 1. The Morgan fingerprint density at radius 1 is 1.57 bits per heavy atom. The van der Waals surface area contributed by atoms with Crippen LogP contribution in [-0.4, -0.2) is 12.7 Å². The molecule has 72 valence electrons. The van der Waals surface area contributed by atoms with Gasteiger partial charge in [-0.05, 0) is 12.1 Å². The number of hydrogen-bond acceptors (Lipinski definition) is 2. The number of terminal acetylenes is 1. The van der Waals surface area contributed by atoms with Crippen molar-refractivity contribution in [3.05, 3.63) is 29.3 Å². The topological polar surface area (TPSA) is 38.3 Å². The molecule has 0 saturated heterocycles. The number of rotatable bonds is 2. The SMILES string of the molecule is C#CCOC(=O)Nc1ccccc1Cl. The summed E-state index contributed by atoms with van der Waals surface area (Å²) >= 11 is 5.79. The molecule has 0 unspecified atom stereocenters. The van der Waals surface area contributed by atoms with Gasteiger partial charge in [0.2, 0.25) is 0 Å². The molecular formula is C10H8ClNO2. The normalized spacial score (nSPS) is 8.86. The highest BCUT2D eigenvalue weighted by molar-refractivity contribution is 6.33. The van der Waals surface area contributed by atoms with Gasteiger partial charge in [-0.3, -0.25) is 5.32 Å². The van der Waals surface area contributed by atoms with Gasteiger partial charge >= 0.3 is 6.09 Å². The molecular weight excluding hydrogens is 202 g/mol. The minimum absolute atomic E-state index is 0.0592. The largest absolute Gasteiger partial charge is 0.436 e.